The Bertz CT molecular complexity index is 714. The molecule has 0 saturated heterocycles. The Balaban J connectivity index is 1.57. The molecular formula is C21H29N5O. The van der Waals surface area contributed by atoms with E-state index in [1.807, 2.05) is 30.3 Å². The summed E-state index contributed by atoms with van der Waals surface area (Å²) in [6.07, 6.45) is 10.00. The molecule has 2 aromatic rings. The van der Waals surface area contributed by atoms with Crippen molar-refractivity contribution in [2.75, 3.05) is 6.54 Å². The highest BCUT2D eigenvalue weighted by atomic mass is 16.5. The van der Waals surface area contributed by atoms with Crippen LogP contribution in [0.25, 0.3) is 0 Å². The van der Waals surface area contributed by atoms with Crippen LogP contribution in [0.5, 0.6) is 5.88 Å². The largest absolute Gasteiger partial charge is 0.474 e. The van der Waals surface area contributed by atoms with Crippen molar-refractivity contribution in [2.24, 2.45) is 4.99 Å². The maximum absolute atomic E-state index is 6.06. The predicted octanol–water partition coefficient (Wildman–Crippen LogP) is 3.44. The molecule has 0 aromatic carbocycles. The third-order valence-corrected chi connectivity index (χ3v) is 4.57. The molecule has 2 N–H and O–H groups in total. The summed E-state index contributed by atoms with van der Waals surface area (Å²) in [5, 5.41) is 6.58. The van der Waals surface area contributed by atoms with E-state index in [1.54, 1.807) is 12.4 Å². The van der Waals surface area contributed by atoms with E-state index in [-0.39, 0.29) is 0 Å². The van der Waals surface area contributed by atoms with Crippen LogP contribution in [0.15, 0.2) is 47.7 Å². The number of hydrogen-bond donors (Lipinski definition) is 2. The number of hydrogen-bond acceptors (Lipinski definition) is 4. The highest BCUT2D eigenvalue weighted by molar-refractivity contribution is 5.79. The summed E-state index contributed by atoms with van der Waals surface area (Å²) >= 11 is 0. The van der Waals surface area contributed by atoms with E-state index < -0.39 is 0 Å². The molecule has 6 nitrogen and oxygen atoms in total. The van der Waals surface area contributed by atoms with E-state index in [1.165, 1.54) is 19.3 Å². The fourth-order valence-electron chi connectivity index (χ4n) is 3.16. The van der Waals surface area contributed by atoms with Crippen molar-refractivity contribution < 1.29 is 4.74 Å². The Hall–Kier alpha value is -2.63. The molecule has 1 aliphatic rings. The van der Waals surface area contributed by atoms with Crippen molar-refractivity contribution >= 4 is 5.96 Å². The first-order valence-corrected chi connectivity index (χ1v) is 9.87. The van der Waals surface area contributed by atoms with Gasteiger partial charge in [-0.1, -0.05) is 12.5 Å². The van der Waals surface area contributed by atoms with Gasteiger partial charge in [0.2, 0.25) is 5.88 Å². The third kappa shape index (κ3) is 6.55. The lowest BCUT2D eigenvalue weighted by atomic mass is 9.98. The number of pyridine rings is 2. The van der Waals surface area contributed by atoms with Crippen LogP contribution < -0.4 is 15.4 Å². The zero-order valence-corrected chi connectivity index (χ0v) is 16.0. The molecule has 0 atom stereocenters. The highest BCUT2D eigenvalue weighted by Crippen LogP contribution is 2.22. The second kappa shape index (κ2) is 10.5. The van der Waals surface area contributed by atoms with Crippen molar-refractivity contribution in [3.05, 3.63) is 54.0 Å². The highest BCUT2D eigenvalue weighted by Gasteiger charge is 2.15. The van der Waals surface area contributed by atoms with E-state index in [0.29, 0.717) is 25.1 Å². The topological polar surface area (TPSA) is 71.4 Å². The van der Waals surface area contributed by atoms with Gasteiger partial charge in [-0.15, -0.1) is 0 Å². The van der Waals surface area contributed by atoms with Gasteiger partial charge < -0.3 is 15.4 Å². The van der Waals surface area contributed by atoms with Crippen molar-refractivity contribution in [1.82, 2.24) is 20.6 Å². The summed E-state index contributed by atoms with van der Waals surface area (Å²) in [5.41, 5.74) is 2.07. The molecule has 0 aliphatic heterocycles. The van der Waals surface area contributed by atoms with Gasteiger partial charge in [0, 0.05) is 25.0 Å². The minimum Gasteiger partial charge on any atom is -0.474 e. The second-order valence-electron chi connectivity index (χ2n) is 6.75. The summed E-state index contributed by atoms with van der Waals surface area (Å²) < 4.78 is 6.06. The van der Waals surface area contributed by atoms with Crippen molar-refractivity contribution in [3.8, 4) is 5.88 Å². The normalized spacial score (nSPS) is 15.4. The first-order valence-electron chi connectivity index (χ1n) is 9.87. The number of nitrogens with one attached hydrogen (secondary N) is 2. The van der Waals surface area contributed by atoms with Crippen LogP contribution in [0.4, 0.5) is 0 Å². The molecule has 0 spiro atoms. The summed E-state index contributed by atoms with van der Waals surface area (Å²) in [6, 6.07) is 9.88. The molecule has 0 unspecified atom stereocenters. The van der Waals surface area contributed by atoms with Crippen LogP contribution >= 0.6 is 0 Å². The van der Waals surface area contributed by atoms with Crippen LogP contribution in [0, 0.1) is 0 Å². The van der Waals surface area contributed by atoms with Crippen LogP contribution in [0.2, 0.25) is 0 Å². The molecular weight excluding hydrogens is 338 g/mol. The summed E-state index contributed by atoms with van der Waals surface area (Å²) in [6.45, 7) is 4.07. The van der Waals surface area contributed by atoms with Crippen molar-refractivity contribution in [2.45, 2.75) is 58.2 Å². The third-order valence-electron chi connectivity index (χ3n) is 4.57. The fourth-order valence-corrected chi connectivity index (χ4v) is 3.16. The molecule has 2 heterocycles. The van der Waals surface area contributed by atoms with Gasteiger partial charge in [-0.2, -0.15) is 0 Å². The van der Waals surface area contributed by atoms with Crippen LogP contribution in [-0.4, -0.2) is 28.6 Å². The van der Waals surface area contributed by atoms with Gasteiger partial charge in [-0.25, -0.2) is 9.98 Å². The number of aromatic nitrogens is 2. The smallest absolute Gasteiger partial charge is 0.213 e. The number of guanidine groups is 1. The van der Waals surface area contributed by atoms with Gasteiger partial charge in [0.05, 0.1) is 18.8 Å². The Morgan fingerprint density at radius 1 is 1.11 bits per heavy atom. The number of rotatable bonds is 7. The lowest BCUT2D eigenvalue weighted by Gasteiger charge is -2.22. The minimum absolute atomic E-state index is 0.308. The Morgan fingerprint density at radius 2 is 2.00 bits per heavy atom. The number of nitrogens with zero attached hydrogens (tertiary/aromatic N) is 3. The molecule has 27 heavy (non-hydrogen) atoms. The first kappa shape index (κ1) is 19.1. The summed E-state index contributed by atoms with van der Waals surface area (Å²) in [7, 11) is 0. The molecule has 2 aromatic heterocycles. The number of ether oxygens (including phenoxy) is 1. The standard InChI is InChI=1S/C21H29N5O/c1-2-22-21(26-16-18-8-6-7-12-23-18)25-15-17-11-13-24-20(14-17)27-19-9-4-3-5-10-19/h6-8,11-14,19H,2-5,9-10,15-16H2,1H3,(H2,22,25,26). The lowest BCUT2D eigenvalue weighted by Crippen LogP contribution is -2.37. The van der Waals surface area contributed by atoms with Gasteiger partial charge in [0.1, 0.15) is 6.10 Å². The van der Waals surface area contributed by atoms with E-state index in [0.717, 1.165) is 36.6 Å². The van der Waals surface area contributed by atoms with E-state index in [4.69, 9.17) is 4.74 Å². The molecule has 0 amide bonds. The second-order valence-corrected chi connectivity index (χ2v) is 6.75. The zero-order chi connectivity index (χ0) is 18.7. The van der Waals surface area contributed by atoms with E-state index >= 15 is 0 Å². The van der Waals surface area contributed by atoms with Crippen molar-refractivity contribution in [1.29, 1.82) is 0 Å². The zero-order valence-electron chi connectivity index (χ0n) is 16.0. The van der Waals surface area contributed by atoms with Crippen LogP contribution in [-0.2, 0) is 13.1 Å². The average molecular weight is 367 g/mol. The fraction of sp³-hybridized carbons (Fsp3) is 0.476. The summed E-state index contributed by atoms with van der Waals surface area (Å²) in [5.74, 6) is 1.48. The van der Waals surface area contributed by atoms with Crippen LogP contribution in [0.3, 0.4) is 0 Å². The van der Waals surface area contributed by atoms with Crippen LogP contribution in [0.1, 0.15) is 50.3 Å². The molecule has 144 valence electrons. The van der Waals surface area contributed by atoms with Gasteiger partial charge in [-0.05, 0) is 56.4 Å². The molecule has 1 saturated carbocycles. The first-order chi connectivity index (χ1) is 13.3. The molecule has 3 rings (SSSR count). The van der Waals surface area contributed by atoms with E-state index in [2.05, 4.69) is 32.5 Å². The minimum atomic E-state index is 0.308. The van der Waals surface area contributed by atoms with E-state index in [9.17, 15) is 0 Å². The van der Waals surface area contributed by atoms with Gasteiger partial charge in [0.15, 0.2) is 5.96 Å². The van der Waals surface area contributed by atoms with Gasteiger partial charge in [-0.3, -0.25) is 4.98 Å². The molecule has 0 radical (unpaired) electrons. The average Bonchev–Trinajstić information content (AvgIpc) is 2.72. The van der Waals surface area contributed by atoms with Gasteiger partial charge >= 0.3 is 0 Å². The Labute approximate surface area is 161 Å². The molecule has 1 fully saturated rings. The Kier molecular flexibility index (Phi) is 7.45. The molecule has 6 heteroatoms. The molecule has 0 bridgehead atoms. The molecule has 1 aliphatic carbocycles. The van der Waals surface area contributed by atoms with Gasteiger partial charge in [0.25, 0.3) is 0 Å². The predicted molar refractivity (Wildman–Crippen MR) is 108 cm³/mol. The summed E-state index contributed by atoms with van der Waals surface area (Å²) in [4.78, 5) is 13.4. The number of aliphatic imine (C=N–C) groups is 1. The maximum atomic E-state index is 6.06. The quantitative estimate of drug-likeness (QED) is 0.579. The maximum Gasteiger partial charge on any atom is 0.213 e. The lowest BCUT2D eigenvalue weighted by molar-refractivity contribution is 0.148. The Morgan fingerprint density at radius 3 is 2.78 bits per heavy atom. The monoisotopic (exact) mass is 367 g/mol. The van der Waals surface area contributed by atoms with Crippen molar-refractivity contribution in [3.63, 3.8) is 0 Å². The SMILES string of the molecule is CCNC(=NCc1ccnc(OC2CCCCC2)c1)NCc1ccccn1.